The first-order chi connectivity index (χ1) is 13.3. The molecular weight excluding hydrogens is 369 g/mol. The van der Waals surface area contributed by atoms with Crippen molar-refractivity contribution in [3.8, 4) is 0 Å². The maximum atomic E-state index is 13.3. The number of amides is 1. The van der Waals surface area contributed by atoms with Gasteiger partial charge in [0, 0.05) is 32.0 Å². The Kier molecular flexibility index (Phi) is 4.51. The Labute approximate surface area is 161 Å². The first kappa shape index (κ1) is 18.7. The number of carbonyl (C=O) groups is 1. The molecule has 2 aliphatic rings. The van der Waals surface area contributed by atoms with Gasteiger partial charge in [-0.05, 0) is 49.9 Å². The second-order valence-electron chi connectivity index (χ2n) is 7.58. The van der Waals surface area contributed by atoms with Crippen LogP contribution < -0.4 is 9.80 Å². The molecule has 0 N–H and O–H groups in total. The smallest absolute Gasteiger partial charge is 0.356 e. The van der Waals surface area contributed by atoms with E-state index in [1.54, 1.807) is 17.3 Å². The topological polar surface area (TPSA) is 49.3 Å². The quantitative estimate of drug-likeness (QED) is 0.782. The Morgan fingerprint density at radius 2 is 1.93 bits per heavy atom. The second-order valence-corrected chi connectivity index (χ2v) is 7.58. The standard InChI is InChI=1S/C20H21F3N4O/c1-14-5-8-24-12-16(14)27-10-7-19(18(27)28)6-2-9-26(13-19)17-4-3-15(11-25-17)20(21,22)23/h3-5,8,11-12H,2,6-7,9-10,13H2,1H3. The number of nitrogens with zero attached hydrogens (tertiary/aromatic N) is 4. The average Bonchev–Trinajstić information content (AvgIpc) is 2.97. The molecule has 1 amide bonds. The van der Waals surface area contributed by atoms with E-state index in [4.69, 9.17) is 0 Å². The third-order valence-electron chi connectivity index (χ3n) is 5.79. The molecule has 0 saturated carbocycles. The highest BCUT2D eigenvalue weighted by molar-refractivity contribution is 6.00. The molecule has 0 aliphatic carbocycles. The van der Waals surface area contributed by atoms with Crippen LogP contribution in [-0.2, 0) is 11.0 Å². The number of hydrogen-bond acceptors (Lipinski definition) is 4. The van der Waals surface area contributed by atoms with Crippen LogP contribution in [0, 0.1) is 12.3 Å². The molecule has 4 heterocycles. The van der Waals surface area contributed by atoms with Crippen LogP contribution in [0.15, 0.2) is 36.8 Å². The van der Waals surface area contributed by atoms with Crippen LogP contribution in [0.3, 0.4) is 0 Å². The van der Waals surface area contributed by atoms with Gasteiger partial charge in [0.1, 0.15) is 5.82 Å². The van der Waals surface area contributed by atoms with Crippen LogP contribution >= 0.6 is 0 Å². The summed E-state index contributed by atoms with van der Waals surface area (Å²) in [7, 11) is 0. The van der Waals surface area contributed by atoms with E-state index in [1.807, 2.05) is 17.9 Å². The summed E-state index contributed by atoms with van der Waals surface area (Å²) in [6.45, 7) is 3.73. The minimum Gasteiger partial charge on any atom is -0.356 e. The molecule has 4 rings (SSSR count). The molecule has 148 valence electrons. The molecule has 2 saturated heterocycles. The number of aryl methyl sites for hydroxylation is 1. The van der Waals surface area contributed by atoms with Crippen LogP contribution in [0.25, 0.3) is 0 Å². The summed E-state index contributed by atoms with van der Waals surface area (Å²) in [6.07, 6.45) is 2.17. The summed E-state index contributed by atoms with van der Waals surface area (Å²) < 4.78 is 38.3. The van der Waals surface area contributed by atoms with E-state index >= 15 is 0 Å². The molecule has 0 aromatic carbocycles. The molecule has 1 atom stereocenters. The van der Waals surface area contributed by atoms with Gasteiger partial charge in [-0.15, -0.1) is 0 Å². The third kappa shape index (κ3) is 3.21. The van der Waals surface area contributed by atoms with Crippen molar-refractivity contribution in [2.24, 2.45) is 5.41 Å². The van der Waals surface area contributed by atoms with Crippen molar-refractivity contribution in [3.63, 3.8) is 0 Å². The Morgan fingerprint density at radius 1 is 1.11 bits per heavy atom. The largest absolute Gasteiger partial charge is 0.417 e. The number of aromatic nitrogens is 2. The number of anilines is 2. The van der Waals surface area contributed by atoms with Crippen molar-refractivity contribution in [1.29, 1.82) is 0 Å². The van der Waals surface area contributed by atoms with Crippen molar-refractivity contribution < 1.29 is 18.0 Å². The summed E-state index contributed by atoms with van der Waals surface area (Å²) in [5.74, 6) is 0.552. The fraction of sp³-hybridized carbons (Fsp3) is 0.450. The van der Waals surface area contributed by atoms with Gasteiger partial charge in [-0.25, -0.2) is 4.98 Å². The van der Waals surface area contributed by atoms with E-state index in [2.05, 4.69) is 9.97 Å². The SMILES string of the molecule is Cc1ccncc1N1CCC2(CCCN(c3ccc(C(F)(F)F)cn3)C2)C1=O. The maximum Gasteiger partial charge on any atom is 0.417 e. The van der Waals surface area contributed by atoms with Gasteiger partial charge in [-0.3, -0.25) is 9.78 Å². The number of halogens is 3. The predicted molar refractivity (Wildman–Crippen MR) is 99.1 cm³/mol. The summed E-state index contributed by atoms with van der Waals surface area (Å²) in [5, 5.41) is 0. The zero-order valence-corrected chi connectivity index (χ0v) is 15.5. The Balaban J connectivity index is 1.55. The van der Waals surface area contributed by atoms with E-state index in [-0.39, 0.29) is 5.91 Å². The Hall–Kier alpha value is -2.64. The zero-order chi connectivity index (χ0) is 19.9. The van der Waals surface area contributed by atoms with E-state index < -0.39 is 17.2 Å². The fourth-order valence-electron chi connectivity index (χ4n) is 4.24. The van der Waals surface area contributed by atoms with Crippen LogP contribution in [0.5, 0.6) is 0 Å². The molecule has 0 radical (unpaired) electrons. The summed E-state index contributed by atoms with van der Waals surface area (Å²) in [4.78, 5) is 25.2. The lowest BCUT2D eigenvalue weighted by Gasteiger charge is -2.39. The molecule has 1 spiro atoms. The van der Waals surface area contributed by atoms with Gasteiger partial charge in [0.25, 0.3) is 0 Å². The lowest BCUT2D eigenvalue weighted by atomic mass is 9.78. The highest BCUT2D eigenvalue weighted by Crippen LogP contribution is 2.43. The highest BCUT2D eigenvalue weighted by Gasteiger charge is 2.49. The highest BCUT2D eigenvalue weighted by atomic mass is 19.4. The van der Waals surface area contributed by atoms with Crippen LogP contribution in [0.4, 0.5) is 24.7 Å². The van der Waals surface area contributed by atoms with E-state index in [0.717, 1.165) is 42.8 Å². The second kappa shape index (κ2) is 6.76. The Morgan fingerprint density at radius 3 is 2.61 bits per heavy atom. The van der Waals surface area contributed by atoms with Gasteiger partial charge in [0.15, 0.2) is 0 Å². The number of piperidine rings is 1. The number of alkyl halides is 3. The van der Waals surface area contributed by atoms with Crippen molar-refractivity contribution in [1.82, 2.24) is 9.97 Å². The molecule has 5 nitrogen and oxygen atoms in total. The lowest BCUT2D eigenvalue weighted by Crippen LogP contribution is -2.48. The van der Waals surface area contributed by atoms with Crippen molar-refractivity contribution in [2.75, 3.05) is 29.4 Å². The van der Waals surface area contributed by atoms with E-state index in [0.29, 0.717) is 25.5 Å². The third-order valence-corrected chi connectivity index (χ3v) is 5.79. The van der Waals surface area contributed by atoms with Gasteiger partial charge < -0.3 is 9.80 Å². The summed E-state index contributed by atoms with van der Waals surface area (Å²) in [5.41, 5.74) is 0.537. The molecule has 1 unspecified atom stereocenters. The molecule has 28 heavy (non-hydrogen) atoms. The number of hydrogen-bond donors (Lipinski definition) is 0. The maximum absolute atomic E-state index is 13.3. The van der Waals surface area contributed by atoms with Gasteiger partial charge in [-0.1, -0.05) is 0 Å². The molecule has 2 aromatic heterocycles. The molecule has 2 fully saturated rings. The molecular formula is C20H21F3N4O. The number of carbonyl (C=O) groups excluding carboxylic acids is 1. The minimum absolute atomic E-state index is 0.0696. The van der Waals surface area contributed by atoms with Crippen LogP contribution in [-0.4, -0.2) is 35.5 Å². The summed E-state index contributed by atoms with van der Waals surface area (Å²) in [6, 6.07) is 4.32. The molecule has 2 aromatic rings. The molecule has 2 aliphatic heterocycles. The van der Waals surface area contributed by atoms with Crippen LogP contribution in [0.2, 0.25) is 0 Å². The van der Waals surface area contributed by atoms with Gasteiger partial charge in [0.2, 0.25) is 5.91 Å². The van der Waals surface area contributed by atoms with Crippen LogP contribution in [0.1, 0.15) is 30.4 Å². The number of rotatable bonds is 2. The van der Waals surface area contributed by atoms with Crippen molar-refractivity contribution in [3.05, 3.63) is 47.9 Å². The van der Waals surface area contributed by atoms with Crippen molar-refractivity contribution in [2.45, 2.75) is 32.4 Å². The first-order valence-electron chi connectivity index (χ1n) is 9.31. The molecule has 0 bridgehead atoms. The van der Waals surface area contributed by atoms with Gasteiger partial charge >= 0.3 is 6.18 Å². The predicted octanol–water partition coefficient (Wildman–Crippen LogP) is 3.83. The summed E-state index contributed by atoms with van der Waals surface area (Å²) >= 11 is 0. The normalized spacial score (nSPS) is 22.9. The van der Waals surface area contributed by atoms with Gasteiger partial charge in [-0.2, -0.15) is 13.2 Å². The lowest BCUT2D eigenvalue weighted by molar-refractivity contribution is -0.137. The van der Waals surface area contributed by atoms with E-state index in [9.17, 15) is 18.0 Å². The zero-order valence-electron chi connectivity index (χ0n) is 15.5. The number of pyridine rings is 2. The monoisotopic (exact) mass is 390 g/mol. The Bertz CT molecular complexity index is 884. The fourth-order valence-corrected chi connectivity index (χ4v) is 4.24. The average molecular weight is 390 g/mol. The molecule has 8 heteroatoms. The first-order valence-corrected chi connectivity index (χ1v) is 9.31. The minimum atomic E-state index is -4.40. The van der Waals surface area contributed by atoms with E-state index in [1.165, 1.54) is 6.07 Å². The van der Waals surface area contributed by atoms with Crippen molar-refractivity contribution >= 4 is 17.4 Å². The van der Waals surface area contributed by atoms with Gasteiger partial charge in [0.05, 0.1) is 22.9 Å².